The Morgan fingerprint density at radius 3 is 2.43 bits per heavy atom. The van der Waals surface area contributed by atoms with Crippen molar-refractivity contribution >= 4 is 42.4 Å². The van der Waals surface area contributed by atoms with E-state index in [1.807, 2.05) is 23.0 Å². The topological polar surface area (TPSA) is 109 Å². The fourth-order valence-corrected chi connectivity index (χ4v) is 3.18. The molecule has 0 bridgehead atoms. The smallest absolute Gasteiger partial charge is 0.252 e. The maximum absolute atomic E-state index is 12.9. The molecule has 0 aliphatic carbocycles. The highest BCUT2D eigenvalue weighted by molar-refractivity contribution is 5.97. The van der Waals surface area contributed by atoms with Gasteiger partial charge in [-0.3, -0.25) is 14.3 Å². The number of rotatable bonds is 5. The number of halogens is 2. The van der Waals surface area contributed by atoms with Gasteiger partial charge >= 0.3 is 0 Å². The predicted molar refractivity (Wildman–Crippen MR) is 111 cm³/mol. The molecule has 0 saturated carbocycles. The lowest BCUT2D eigenvalue weighted by atomic mass is 10.1. The van der Waals surface area contributed by atoms with Crippen molar-refractivity contribution in [1.82, 2.24) is 25.0 Å². The van der Waals surface area contributed by atoms with Crippen LogP contribution in [0.4, 0.5) is 5.82 Å². The average Bonchev–Trinajstić information content (AvgIpc) is 3.08. The van der Waals surface area contributed by atoms with E-state index >= 15 is 0 Å². The maximum Gasteiger partial charge on any atom is 0.252 e. The van der Waals surface area contributed by atoms with Crippen LogP contribution in [0, 0.1) is 0 Å². The van der Waals surface area contributed by atoms with Crippen molar-refractivity contribution in [2.75, 3.05) is 38.1 Å². The molecule has 0 radical (unpaired) electrons. The van der Waals surface area contributed by atoms with Crippen LogP contribution in [0.3, 0.4) is 0 Å². The number of hydrogen-bond acceptors (Lipinski definition) is 6. The molecule has 1 aliphatic heterocycles. The van der Waals surface area contributed by atoms with Gasteiger partial charge in [0.25, 0.3) is 5.91 Å². The largest absolute Gasteiger partial charge is 0.365 e. The first-order valence-corrected chi connectivity index (χ1v) is 8.45. The summed E-state index contributed by atoms with van der Waals surface area (Å²) in [4.78, 5) is 32.6. The number of anilines is 1. The molecule has 3 N–H and O–H groups in total. The molecule has 1 aliphatic rings. The number of nitrogens with one attached hydrogen (secondary N) is 1. The molecule has 1 fully saturated rings. The molecule has 1 atom stereocenters. The van der Waals surface area contributed by atoms with Crippen LogP contribution in [-0.4, -0.2) is 64.7 Å². The second-order valence-corrected chi connectivity index (χ2v) is 6.22. The minimum absolute atomic E-state index is 0. The molecule has 11 heteroatoms. The van der Waals surface area contributed by atoms with Gasteiger partial charge in [0.2, 0.25) is 5.91 Å². The summed E-state index contributed by atoms with van der Waals surface area (Å²) in [5.74, 6) is 0.0826. The quantitative estimate of drug-likeness (QED) is 0.710. The van der Waals surface area contributed by atoms with Crippen LogP contribution in [0.25, 0.3) is 0 Å². The molecule has 0 spiro atoms. The number of pyridine rings is 1. The highest BCUT2D eigenvalue weighted by atomic mass is 35.5. The number of hydrogen-bond donors (Lipinski definition) is 2. The Morgan fingerprint density at radius 1 is 1.21 bits per heavy atom. The van der Waals surface area contributed by atoms with E-state index in [0.29, 0.717) is 37.6 Å². The second kappa shape index (κ2) is 10.3. The number of primary amides is 1. The highest BCUT2D eigenvalue weighted by Crippen LogP contribution is 2.21. The fraction of sp³-hybridized carbons (Fsp3) is 0.412. The molecular formula is C17H25Cl2N7O2. The second-order valence-electron chi connectivity index (χ2n) is 6.22. The standard InChI is InChI=1S/C17H23N7O2.2ClH/c1-19-14(12-10-21-22(2)11-12)17(26)24-8-6-23(7-9-24)16-13(15(18)25)4-3-5-20-16;;/h3-5,10-11,14,19H,6-9H2,1-2H3,(H2,18,25);2*1H. The van der Waals surface area contributed by atoms with Gasteiger partial charge in [-0.05, 0) is 19.2 Å². The Bertz CT molecular complexity index is 806. The molecule has 9 nitrogen and oxygen atoms in total. The molecule has 1 saturated heterocycles. The number of aryl methyl sites for hydroxylation is 1. The van der Waals surface area contributed by atoms with Crippen molar-refractivity contribution in [3.63, 3.8) is 0 Å². The number of carbonyl (C=O) groups excluding carboxylic acids is 2. The van der Waals surface area contributed by atoms with Crippen LogP contribution in [0.15, 0.2) is 30.7 Å². The Morgan fingerprint density at radius 2 is 1.89 bits per heavy atom. The van der Waals surface area contributed by atoms with Crippen molar-refractivity contribution in [2.45, 2.75) is 6.04 Å². The van der Waals surface area contributed by atoms with Gasteiger partial charge < -0.3 is 20.9 Å². The van der Waals surface area contributed by atoms with E-state index in [1.54, 1.807) is 36.3 Å². The first-order chi connectivity index (χ1) is 12.5. The van der Waals surface area contributed by atoms with E-state index in [9.17, 15) is 9.59 Å². The van der Waals surface area contributed by atoms with Crippen LogP contribution < -0.4 is 16.0 Å². The summed E-state index contributed by atoms with van der Waals surface area (Å²) in [5, 5.41) is 7.20. The first kappa shape index (κ1) is 23.7. The minimum atomic E-state index is -0.501. The summed E-state index contributed by atoms with van der Waals surface area (Å²) >= 11 is 0. The van der Waals surface area contributed by atoms with Gasteiger partial charge in [-0.1, -0.05) is 0 Å². The number of amides is 2. The molecule has 3 rings (SSSR count). The monoisotopic (exact) mass is 429 g/mol. The summed E-state index contributed by atoms with van der Waals surface area (Å²) in [6, 6.07) is 2.93. The lowest BCUT2D eigenvalue weighted by Gasteiger charge is -2.37. The molecule has 0 aromatic carbocycles. The summed E-state index contributed by atoms with van der Waals surface area (Å²) in [5.41, 5.74) is 6.67. The molecule has 2 aromatic heterocycles. The summed E-state index contributed by atoms with van der Waals surface area (Å²) in [7, 11) is 3.58. The van der Waals surface area contributed by atoms with Crippen molar-refractivity contribution in [2.24, 2.45) is 12.8 Å². The number of nitrogens with zero attached hydrogens (tertiary/aromatic N) is 5. The zero-order valence-electron chi connectivity index (χ0n) is 15.7. The van der Waals surface area contributed by atoms with E-state index in [-0.39, 0.29) is 30.7 Å². The lowest BCUT2D eigenvalue weighted by molar-refractivity contribution is -0.133. The van der Waals surface area contributed by atoms with Crippen molar-refractivity contribution in [3.05, 3.63) is 41.9 Å². The van der Waals surface area contributed by atoms with E-state index in [0.717, 1.165) is 5.56 Å². The van der Waals surface area contributed by atoms with Crippen LogP contribution >= 0.6 is 24.8 Å². The molecule has 154 valence electrons. The number of aromatic nitrogens is 3. The fourth-order valence-electron chi connectivity index (χ4n) is 3.18. The van der Waals surface area contributed by atoms with Crippen LogP contribution in [0.5, 0.6) is 0 Å². The van der Waals surface area contributed by atoms with Gasteiger partial charge in [0.05, 0.1) is 11.8 Å². The van der Waals surface area contributed by atoms with E-state index in [1.165, 1.54) is 0 Å². The lowest BCUT2D eigenvalue weighted by Crippen LogP contribution is -2.51. The highest BCUT2D eigenvalue weighted by Gasteiger charge is 2.29. The summed E-state index contributed by atoms with van der Waals surface area (Å²) < 4.78 is 1.68. The van der Waals surface area contributed by atoms with Gasteiger partial charge in [-0.2, -0.15) is 5.10 Å². The van der Waals surface area contributed by atoms with Gasteiger partial charge in [0.15, 0.2) is 0 Å². The van der Waals surface area contributed by atoms with Gasteiger partial charge in [-0.25, -0.2) is 4.98 Å². The Labute approximate surface area is 176 Å². The Balaban J connectivity index is 0.00000196. The van der Waals surface area contributed by atoms with Crippen LogP contribution in [0.2, 0.25) is 0 Å². The molecule has 2 aromatic rings. The van der Waals surface area contributed by atoms with Crippen LogP contribution in [0.1, 0.15) is 22.0 Å². The summed E-state index contributed by atoms with van der Waals surface area (Å²) in [6.07, 6.45) is 5.17. The van der Waals surface area contributed by atoms with Crippen molar-refractivity contribution in [3.8, 4) is 0 Å². The van der Waals surface area contributed by atoms with Crippen LogP contribution in [-0.2, 0) is 11.8 Å². The zero-order valence-corrected chi connectivity index (χ0v) is 17.4. The number of likely N-dealkylation sites (N-methyl/N-ethyl adjacent to an activating group) is 1. The van der Waals surface area contributed by atoms with E-state index in [2.05, 4.69) is 15.4 Å². The maximum atomic E-state index is 12.9. The SMILES string of the molecule is CNC(C(=O)N1CCN(c2ncccc2C(N)=O)CC1)c1cnn(C)c1.Cl.Cl. The molecule has 2 amide bonds. The third-order valence-corrected chi connectivity index (χ3v) is 4.54. The van der Waals surface area contributed by atoms with Gasteiger partial charge in [0, 0.05) is 51.2 Å². The Kier molecular flexibility index (Phi) is 8.67. The number of piperazine rings is 1. The summed E-state index contributed by atoms with van der Waals surface area (Å²) in [6.45, 7) is 2.27. The van der Waals surface area contributed by atoms with Crippen molar-refractivity contribution in [1.29, 1.82) is 0 Å². The van der Waals surface area contributed by atoms with E-state index in [4.69, 9.17) is 5.73 Å². The third-order valence-electron chi connectivity index (χ3n) is 4.54. The molecule has 28 heavy (non-hydrogen) atoms. The number of nitrogens with two attached hydrogens (primary N) is 1. The Hall–Kier alpha value is -2.36. The third kappa shape index (κ3) is 4.92. The predicted octanol–water partition coefficient (Wildman–Crippen LogP) is 0.367. The first-order valence-electron chi connectivity index (χ1n) is 8.45. The normalized spacial score (nSPS) is 14.6. The van der Waals surface area contributed by atoms with Gasteiger partial charge in [0.1, 0.15) is 11.9 Å². The average molecular weight is 430 g/mol. The molecular weight excluding hydrogens is 405 g/mol. The zero-order chi connectivity index (χ0) is 18.7. The van der Waals surface area contributed by atoms with Gasteiger partial charge in [-0.15, -0.1) is 24.8 Å². The van der Waals surface area contributed by atoms with Crippen molar-refractivity contribution < 1.29 is 9.59 Å². The minimum Gasteiger partial charge on any atom is -0.365 e. The van der Waals surface area contributed by atoms with E-state index < -0.39 is 11.9 Å². The number of carbonyl (C=O) groups is 2. The molecule has 1 unspecified atom stereocenters. The molecule has 3 heterocycles.